The van der Waals surface area contributed by atoms with Crippen LogP contribution in [0.25, 0.3) is 105 Å². The molecule has 1 aliphatic carbocycles. The van der Waals surface area contributed by atoms with Crippen LogP contribution in [0, 0.1) is 0 Å². The minimum Gasteiger partial charge on any atom is -0.481 e. The van der Waals surface area contributed by atoms with Gasteiger partial charge in [0.1, 0.15) is 34.5 Å². The van der Waals surface area contributed by atoms with Gasteiger partial charge in [-0.25, -0.2) is 0 Å². The van der Waals surface area contributed by atoms with Crippen LogP contribution in [0.4, 0.5) is 0 Å². The van der Waals surface area contributed by atoms with Crippen molar-refractivity contribution in [3.63, 3.8) is 0 Å². The third-order valence-corrected chi connectivity index (χ3v) is 11.9. The molecule has 9 aromatic carbocycles. The van der Waals surface area contributed by atoms with Crippen LogP contribution < -0.4 is 9.47 Å². The molecule has 0 fully saturated rings. The minimum atomic E-state index is -0.226. The van der Waals surface area contributed by atoms with Gasteiger partial charge in [0.15, 0.2) is 0 Å². The molecular formula is C51H28O3. The smallest absolute Gasteiger partial charge is 0.144 e. The molecule has 13 rings (SSSR count). The Kier molecular flexibility index (Phi) is 5.42. The zero-order chi connectivity index (χ0) is 35.1. The fourth-order valence-electron chi connectivity index (χ4n) is 9.72. The summed E-state index contributed by atoms with van der Waals surface area (Å²) in [6.45, 7) is 0. The van der Waals surface area contributed by atoms with Crippen LogP contribution >= 0.6 is 0 Å². The van der Waals surface area contributed by atoms with E-state index in [9.17, 15) is 0 Å². The Morgan fingerprint density at radius 1 is 0.407 bits per heavy atom. The first-order valence-corrected chi connectivity index (χ1v) is 18.5. The van der Waals surface area contributed by atoms with E-state index in [1.807, 2.05) is 12.1 Å². The quantitative estimate of drug-likeness (QED) is 0.169. The summed E-state index contributed by atoms with van der Waals surface area (Å²) in [7, 11) is 0. The van der Waals surface area contributed by atoms with Crippen molar-refractivity contribution < 1.29 is 13.9 Å². The zero-order valence-electron chi connectivity index (χ0n) is 28.9. The summed E-state index contributed by atoms with van der Waals surface area (Å²) in [5, 5.41) is 9.43. The SMILES string of the molecule is C1=CC2Oc3ccccc3-c3c(-c4c5ccccc5c(-c5ccc6oc7ccccc7c6c5)c5ccccc45)c4c5c(ccc1c5c32)Oc1ccccc1-4. The lowest BCUT2D eigenvalue weighted by molar-refractivity contribution is 0.253. The summed E-state index contributed by atoms with van der Waals surface area (Å²) >= 11 is 0. The fourth-order valence-corrected chi connectivity index (χ4v) is 9.72. The number of para-hydroxylation sites is 3. The van der Waals surface area contributed by atoms with Gasteiger partial charge in [0.25, 0.3) is 0 Å². The first-order valence-electron chi connectivity index (χ1n) is 18.5. The number of benzene rings is 9. The van der Waals surface area contributed by atoms with E-state index >= 15 is 0 Å². The predicted molar refractivity (Wildman–Crippen MR) is 220 cm³/mol. The van der Waals surface area contributed by atoms with Crippen molar-refractivity contribution in [2.45, 2.75) is 6.10 Å². The maximum atomic E-state index is 6.83. The van der Waals surface area contributed by atoms with Crippen LogP contribution in [0.15, 0.2) is 162 Å². The van der Waals surface area contributed by atoms with Gasteiger partial charge in [-0.15, -0.1) is 0 Å². The van der Waals surface area contributed by atoms with Gasteiger partial charge in [0.05, 0.1) is 0 Å². The maximum absolute atomic E-state index is 6.83. The normalized spacial score (nSPS) is 14.7. The zero-order valence-corrected chi connectivity index (χ0v) is 28.9. The molecule has 3 heteroatoms. The van der Waals surface area contributed by atoms with Crippen LogP contribution in [0.2, 0.25) is 0 Å². The van der Waals surface area contributed by atoms with E-state index < -0.39 is 0 Å². The van der Waals surface area contributed by atoms with Gasteiger partial charge in [-0.3, -0.25) is 0 Å². The van der Waals surface area contributed by atoms with Crippen molar-refractivity contribution in [1.82, 2.24) is 0 Å². The van der Waals surface area contributed by atoms with Crippen molar-refractivity contribution in [1.29, 1.82) is 0 Å². The molecule has 3 nitrogen and oxygen atoms in total. The molecule has 1 atom stereocenters. The number of fused-ring (bicyclic) bond motifs is 9. The van der Waals surface area contributed by atoms with Gasteiger partial charge in [-0.1, -0.05) is 121 Å². The average molecular weight is 689 g/mol. The molecule has 54 heavy (non-hydrogen) atoms. The largest absolute Gasteiger partial charge is 0.481 e. The predicted octanol–water partition coefficient (Wildman–Crippen LogP) is 14.3. The second kappa shape index (κ2) is 10.3. The Balaban J connectivity index is 1.25. The third kappa shape index (κ3) is 3.61. The molecule has 10 aromatic rings. The minimum absolute atomic E-state index is 0.226. The summed E-state index contributed by atoms with van der Waals surface area (Å²) in [6, 6.07) is 54.3. The monoisotopic (exact) mass is 688 g/mol. The third-order valence-electron chi connectivity index (χ3n) is 11.9. The van der Waals surface area contributed by atoms with Crippen LogP contribution in [0.1, 0.15) is 17.2 Å². The van der Waals surface area contributed by atoms with Crippen molar-refractivity contribution in [3.8, 4) is 61.8 Å². The highest BCUT2D eigenvalue weighted by molar-refractivity contribution is 6.28. The number of furan rings is 1. The Labute approximate surface area is 309 Å². The van der Waals surface area contributed by atoms with E-state index in [1.165, 1.54) is 71.4 Å². The molecular weight excluding hydrogens is 661 g/mol. The van der Waals surface area contributed by atoms with Crippen molar-refractivity contribution in [2.75, 3.05) is 0 Å². The van der Waals surface area contributed by atoms with Crippen molar-refractivity contribution in [3.05, 3.63) is 169 Å². The molecule has 250 valence electrons. The van der Waals surface area contributed by atoms with E-state index in [1.54, 1.807) is 0 Å². The molecule has 0 N–H and O–H groups in total. The lowest BCUT2D eigenvalue weighted by Gasteiger charge is -2.36. The summed E-state index contributed by atoms with van der Waals surface area (Å²) in [5.74, 6) is 2.65. The Morgan fingerprint density at radius 2 is 1.04 bits per heavy atom. The van der Waals surface area contributed by atoms with E-state index in [0.717, 1.165) is 55.7 Å². The van der Waals surface area contributed by atoms with E-state index in [4.69, 9.17) is 13.9 Å². The molecule has 0 saturated heterocycles. The number of ether oxygens (including phenoxy) is 2. The number of hydrogen-bond acceptors (Lipinski definition) is 3. The summed E-state index contributed by atoms with van der Waals surface area (Å²) in [5.41, 5.74) is 13.7. The topological polar surface area (TPSA) is 31.6 Å². The van der Waals surface area contributed by atoms with E-state index in [-0.39, 0.29) is 6.10 Å². The molecule has 0 spiro atoms. The first-order chi connectivity index (χ1) is 26.8. The van der Waals surface area contributed by atoms with E-state index in [0.29, 0.717) is 0 Å². The Morgan fingerprint density at radius 3 is 1.81 bits per heavy atom. The van der Waals surface area contributed by atoms with Crippen LogP contribution in [-0.4, -0.2) is 0 Å². The van der Waals surface area contributed by atoms with Crippen molar-refractivity contribution >= 4 is 60.3 Å². The molecule has 0 bridgehead atoms. The standard InChI is InChI=1S/C51H28O3/c1-3-14-33-31(12-1)44(29-23-24-41-37(27-29)30-11-5-8-18-38(30)52-41)32-13-2-4-15-34(32)46(33)51-47-35-16-6-9-19-39(35)53-42-25-21-28-22-26-43-50(45(28)49(42)47)48(51)36-17-7-10-20-40(36)54-43/h1-27,42H. The molecule has 1 aromatic heterocycles. The van der Waals surface area contributed by atoms with Gasteiger partial charge < -0.3 is 13.9 Å². The molecule has 2 aliphatic heterocycles. The van der Waals surface area contributed by atoms with Crippen molar-refractivity contribution in [2.24, 2.45) is 0 Å². The lowest BCUT2D eigenvalue weighted by atomic mass is 9.73. The van der Waals surface area contributed by atoms with Gasteiger partial charge in [-0.2, -0.15) is 0 Å². The highest BCUT2D eigenvalue weighted by atomic mass is 16.5. The number of hydrogen-bond donors (Lipinski definition) is 0. The van der Waals surface area contributed by atoms with Gasteiger partial charge in [-0.05, 0) is 86.3 Å². The molecule has 3 heterocycles. The summed E-state index contributed by atoms with van der Waals surface area (Å²) < 4.78 is 19.9. The van der Waals surface area contributed by atoms with Gasteiger partial charge in [0.2, 0.25) is 0 Å². The van der Waals surface area contributed by atoms with Crippen LogP contribution in [0.5, 0.6) is 17.2 Å². The van der Waals surface area contributed by atoms with Gasteiger partial charge in [0, 0.05) is 54.9 Å². The average Bonchev–Trinajstić information content (AvgIpc) is 3.60. The molecule has 3 aliphatic rings. The second-order valence-corrected chi connectivity index (χ2v) is 14.6. The van der Waals surface area contributed by atoms with E-state index in [2.05, 4.69) is 152 Å². The molecule has 0 amide bonds. The summed E-state index contributed by atoms with van der Waals surface area (Å²) in [4.78, 5) is 0. The molecule has 0 radical (unpaired) electrons. The highest BCUT2D eigenvalue weighted by Crippen LogP contribution is 2.62. The lowest BCUT2D eigenvalue weighted by Crippen LogP contribution is -2.17. The van der Waals surface area contributed by atoms with Gasteiger partial charge >= 0.3 is 0 Å². The molecule has 1 unspecified atom stereocenters. The second-order valence-electron chi connectivity index (χ2n) is 14.6. The Hall–Kier alpha value is -7.10. The first kappa shape index (κ1) is 28.5. The summed E-state index contributed by atoms with van der Waals surface area (Å²) in [6.07, 6.45) is 4.21. The van der Waals surface area contributed by atoms with Crippen LogP contribution in [0.3, 0.4) is 0 Å². The number of rotatable bonds is 2. The Bertz CT molecular complexity index is 3290. The highest BCUT2D eigenvalue weighted by Gasteiger charge is 2.38. The fraction of sp³-hybridized carbons (Fsp3) is 0.0196. The van der Waals surface area contributed by atoms with Crippen LogP contribution in [-0.2, 0) is 0 Å². The maximum Gasteiger partial charge on any atom is 0.144 e. The molecule has 0 saturated carbocycles.